The number of ketones is 1. The number of carboxylic acid groups (broad SMARTS) is 1. The fourth-order valence-electron chi connectivity index (χ4n) is 2.01. The van der Waals surface area contributed by atoms with Gasteiger partial charge in [-0.2, -0.15) is 0 Å². The smallest absolute Gasteiger partial charge is 0.323 e. The second kappa shape index (κ2) is 6.71. The van der Waals surface area contributed by atoms with Gasteiger partial charge in [-0.25, -0.2) is 8.42 Å². The highest BCUT2D eigenvalue weighted by Crippen LogP contribution is 2.27. The Balaban J connectivity index is 3.48. The molecule has 0 atom stereocenters. The third-order valence-corrected chi connectivity index (χ3v) is 4.07. The van der Waals surface area contributed by atoms with Crippen molar-refractivity contribution in [2.24, 2.45) is 0 Å². The van der Waals surface area contributed by atoms with Crippen molar-refractivity contribution in [3.63, 3.8) is 0 Å². The number of anilines is 1. The molecule has 0 aliphatic heterocycles. The average molecular weight is 313 g/mol. The minimum absolute atomic E-state index is 0.0298. The van der Waals surface area contributed by atoms with Crippen molar-refractivity contribution >= 4 is 27.3 Å². The van der Waals surface area contributed by atoms with Crippen LogP contribution in [0.15, 0.2) is 23.1 Å². The fraction of sp³-hybridized carbons (Fsp3) is 0.429. The van der Waals surface area contributed by atoms with Crippen LogP contribution in [0.1, 0.15) is 30.6 Å². The molecule has 0 aromatic heterocycles. The van der Waals surface area contributed by atoms with E-state index in [4.69, 9.17) is 5.11 Å². The van der Waals surface area contributed by atoms with Gasteiger partial charge in [0.05, 0.1) is 10.6 Å². The molecule has 0 aliphatic rings. The molecule has 0 spiro atoms. The summed E-state index contributed by atoms with van der Waals surface area (Å²) in [6, 6.07) is 4.23. The minimum atomic E-state index is -3.52. The maximum absolute atomic E-state index is 11.9. The minimum Gasteiger partial charge on any atom is -0.480 e. The Hall–Kier alpha value is -1.89. The maximum atomic E-state index is 11.9. The lowest BCUT2D eigenvalue weighted by atomic mass is 10.1. The number of carboxylic acids is 1. The van der Waals surface area contributed by atoms with Gasteiger partial charge < -0.3 is 10.0 Å². The number of hydrogen-bond acceptors (Lipinski definition) is 5. The van der Waals surface area contributed by atoms with E-state index in [-0.39, 0.29) is 22.9 Å². The summed E-state index contributed by atoms with van der Waals surface area (Å²) in [5, 5.41) is 8.99. The van der Waals surface area contributed by atoms with E-state index in [9.17, 15) is 18.0 Å². The van der Waals surface area contributed by atoms with E-state index in [1.165, 1.54) is 30.0 Å². The average Bonchev–Trinajstić information content (AvgIpc) is 2.36. The number of carbonyl (C=O) groups is 2. The number of rotatable bonds is 7. The number of carbonyl (C=O) groups excluding carboxylic acids is 1. The topological polar surface area (TPSA) is 91.8 Å². The van der Waals surface area contributed by atoms with Crippen LogP contribution in [0.25, 0.3) is 0 Å². The summed E-state index contributed by atoms with van der Waals surface area (Å²) in [7, 11) is -3.52. The van der Waals surface area contributed by atoms with Crippen LogP contribution in [-0.2, 0) is 14.6 Å². The van der Waals surface area contributed by atoms with Crippen LogP contribution in [0.2, 0.25) is 0 Å². The molecule has 0 aliphatic carbocycles. The number of benzene rings is 1. The molecule has 0 saturated carbocycles. The zero-order valence-electron chi connectivity index (χ0n) is 12.3. The second-order valence-electron chi connectivity index (χ2n) is 4.83. The third kappa shape index (κ3) is 4.56. The Kier molecular flexibility index (Phi) is 5.48. The molecule has 21 heavy (non-hydrogen) atoms. The van der Waals surface area contributed by atoms with Gasteiger partial charge in [0.2, 0.25) is 0 Å². The Labute approximate surface area is 124 Å². The summed E-state index contributed by atoms with van der Waals surface area (Å²) in [6.45, 7) is 3.30. The molecule has 0 amide bonds. The molecule has 0 bridgehead atoms. The molecule has 1 rings (SSSR count). The van der Waals surface area contributed by atoms with Crippen LogP contribution >= 0.6 is 0 Å². The van der Waals surface area contributed by atoms with Crippen molar-refractivity contribution in [3.8, 4) is 0 Å². The van der Waals surface area contributed by atoms with Crippen LogP contribution < -0.4 is 4.90 Å². The lowest BCUT2D eigenvalue weighted by molar-refractivity contribution is -0.135. The summed E-state index contributed by atoms with van der Waals surface area (Å²) in [6.07, 6.45) is 1.71. The first-order valence-corrected chi connectivity index (χ1v) is 8.37. The van der Waals surface area contributed by atoms with E-state index in [2.05, 4.69) is 0 Å². The van der Waals surface area contributed by atoms with E-state index in [1.54, 1.807) is 0 Å². The molecule has 0 saturated heterocycles. The van der Waals surface area contributed by atoms with Crippen LogP contribution in [0, 0.1) is 0 Å². The third-order valence-electron chi connectivity index (χ3n) is 2.93. The van der Waals surface area contributed by atoms with E-state index < -0.39 is 15.8 Å². The molecule has 7 heteroatoms. The SMILES string of the molecule is CCCN(CC(=O)O)c1cc(C(C)=O)ccc1S(C)(=O)=O. The highest BCUT2D eigenvalue weighted by atomic mass is 32.2. The lowest BCUT2D eigenvalue weighted by Gasteiger charge is -2.25. The predicted octanol–water partition coefficient (Wildman–Crippen LogP) is 1.59. The molecule has 0 radical (unpaired) electrons. The summed E-state index contributed by atoms with van der Waals surface area (Å²) in [5.41, 5.74) is 0.610. The summed E-state index contributed by atoms with van der Waals surface area (Å²) >= 11 is 0. The largest absolute Gasteiger partial charge is 0.480 e. The van der Waals surface area contributed by atoms with E-state index in [0.29, 0.717) is 18.5 Å². The van der Waals surface area contributed by atoms with Crippen molar-refractivity contribution < 1.29 is 23.1 Å². The van der Waals surface area contributed by atoms with Gasteiger partial charge in [-0.1, -0.05) is 6.92 Å². The monoisotopic (exact) mass is 313 g/mol. The van der Waals surface area contributed by atoms with E-state index in [0.717, 1.165) is 6.26 Å². The summed E-state index contributed by atoms with van der Waals surface area (Å²) in [4.78, 5) is 23.9. The molecular weight excluding hydrogens is 294 g/mol. The van der Waals surface area contributed by atoms with Crippen molar-refractivity contribution in [3.05, 3.63) is 23.8 Å². The molecule has 6 nitrogen and oxygen atoms in total. The molecule has 1 N–H and O–H groups in total. The van der Waals surface area contributed by atoms with Crippen molar-refractivity contribution in [2.45, 2.75) is 25.2 Å². The van der Waals surface area contributed by atoms with Gasteiger partial charge in [-0.3, -0.25) is 9.59 Å². The van der Waals surface area contributed by atoms with Gasteiger partial charge in [0.15, 0.2) is 15.6 Å². The van der Waals surface area contributed by atoms with Crippen molar-refractivity contribution in [2.75, 3.05) is 24.2 Å². The summed E-state index contributed by atoms with van der Waals surface area (Å²) < 4.78 is 23.7. The Morgan fingerprint density at radius 2 is 1.90 bits per heavy atom. The number of hydrogen-bond donors (Lipinski definition) is 1. The second-order valence-corrected chi connectivity index (χ2v) is 6.81. The Morgan fingerprint density at radius 3 is 2.33 bits per heavy atom. The molecule has 0 unspecified atom stereocenters. The molecule has 1 aromatic carbocycles. The van der Waals surface area contributed by atoms with Gasteiger partial charge in [-0.15, -0.1) is 0 Å². The normalized spacial score (nSPS) is 11.2. The standard InChI is InChI=1S/C14H19NO5S/c1-4-7-15(9-14(17)18)12-8-11(10(2)16)5-6-13(12)21(3,19)20/h5-6,8H,4,7,9H2,1-3H3,(H,17,18). The molecule has 0 heterocycles. The highest BCUT2D eigenvalue weighted by Gasteiger charge is 2.21. The first-order chi connectivity index (χ1) is 9.66. The molecular formula is C14H19NO5S. The van der Waals surface area contributed by atoms with Gasteiger partial charge >= 0.3 is 5.97 Å². The first kappa shape index (κ1) is 17.2. The van der Waals surface area contributed by atoms with E-state index in [1.807, 2.05) is 6.92 Å². The Bertz CT molecular complexity index is 651. The zero-order valence-corrected chi connectivity index (χ0v) is 13.1. The van der Waals surface area contributed by atoms with Gasteiger partial charge in [0.1, 0.15) is 6.54 Å². The summed E-state index contributed by atoms with van der Waals surface area (Å²) in [5.74, 6) is -1.26. The molecule has 1 aromatic rings. The maximum Gasteiger partial charge on any atom is 0.323 e. The molecule has 0 fully saturated rings. The van der Waals surface area contributed by atoms with Gasteiger partial charge in [-0.05, 0) is 31.5 Å². The van der Waals surface area contributed by atoms with E-state index >= 15 is 0 Å². The number of aliphatic carboxylic acids is 1. The van der Waals surface area contributed by atoms with Crippen LogP contribution in [0.3, 0.4) is 0 Å². The Morgan fingerprint density at radius 1 is 1.29 bits per heavy atom. The van der Waals surface area contributed by atoms with Crippen LogP contribution in [-0.4, -0.2) is 44.6 Å². The predicted molar refractivity (Wildman–Crippen MR) is 79.7 cm³/mol. The highest BCUT2D eigenvalue weighted by molar-refractivity contribution is 7.90. The number of nitrogens with zero attached hydrogens (tertiary/aromatic N) is 1. The van der Waals surface area contributed by atoms with Crippen LogP contribution in [0.5, 0.6) is 0 Å². The number of sulfone groups is 1. The van der Waals surface area contributed by atoms with Crippen molar-refractivity contribution in [1.82, 2.24) is 0 Å². The molecule has 116 valence electrons. The fourth-order valence-corrected chi connectivity index (χ4v) is 2.90. The van der Waals surface area contributed by atoms with Gasteiger partial charge in [0, 0.05) is 18.4 Å². The van der Waals surface area contributed by atoms with Gasteiger partial charge in [0.25, 0.3) is 0 Å². The number of Topliss-reactive ketones (excluding diaryl/α,β-unsaturated/α-hetero) is 1. The zero-order chi connectivity index (χ0) is 16.2. The quantitative estimate of drug-likeness (QED) is 0.769. The first-order valence-electron chi connectivity index (χ1n) is 6.48. The van der Waals surface area contributed by atoms with Crippen LogP contribution in [0.4, 0.5) is 5.69 Å². The van der Waals surface area contributed by atoms with Crippen molar-refractivity contribution in [1.29, 1.82) is 0 Å². The lowest BCUT2D eigenvalue weighted by Crippen LogP contribution is -2.31.